The molecule has 2 aliphatic heterocycles. The number of carbonyl (C=O) groups excluding carboxylic acids is 1. The molecule has 0 spiro atoms. The Morgan fingerprint density at radius 3 is 2.76 bits per heavy atom. The molecule has 2 fully saturated rings. The maximum absolute atomic E-state index is 11.0. The van der Waals surface area contributed by atoms with E-state index in [2.05, 4.69) is 34.2 Å². The Kier molecular flexibility index (Phi) is 4.27. The van der Waals surface area contributed by atoms with E-state index in [0.29, 0.717) is 6.04 Å². The smallest absolute Gasteiger partial charge is 0.221 e. The molecule has 0 saturated carbocycles. The Morgan fingerprint density at radius 1 is 1.29 bits per heavy atom. The van der Waals surface area contributed by atoms with Crippen molar-refractivity contribution in [3.05, 3.63) is 29.8 Å². The van der Waals surface area contributed by atoms with Gasteiger partial charge in [0.25, 0.3) is 0 Å². The SMILES string of the molecule is CC(=O)Nc1ccc(CN2CC3CCCN3C[C@H]2C)cc1. The third-order valence-electron chi connectivity index (χ3n) is 4.73. The van der Waals surface area contributed by atoms with Crippen LogP contribution in [0.15, 0.2) is 24.3 Å². The van der Waals surface area contributed by atoms with Crippen molar-refractivity contribution >= 4 is 11.6 Å². The summed E-state index contributed by atoms with van der Waals surface area (Å²) in [4.78, 5) is 16.3. The van der Waals surface area contributed by atoms with Crippen LogP contribution in [0.2, 0.25) is 0 Å². The van der Waals surface area contributed by atoms with Crippen LogP contribution < -0.4 is 5.32 Å². The average molecular weight is 287 g/mol. The fourth-order valence-electron chi connectivity index (χ4n) is 3.60. The van der Waals surface area contributed by atoms with Gasteiger partial charge in [0.05, 0.1) is 0 Å². The van der Waals surface area contributed by atoms with E-state index in [-0.39, 0.29) is 5.91 Å². The quantitative estimate of drug-likeness (QED) is 0.926. The summed E-state index contributed by atoms with van der Waals surface area (Å²) < 4.78 is 0. The molecule has 1 aromatic carbocycles. The summed E-state index contributed by atoms with van der Waals surface area (Å²) in [5, 5.41) is 2.82. The van der Waals surface area contributed by atoms with Gasteiger partial charge >= 0.3 is 0 Å². The van der Waals surface area contributed by atoms with Gasteiger partial charge < -0.3 is 5.32 Å². The fraction of sp³-hybridized carbons (Fsp3) is 0.588. The minimum absolute atomic E-state index is 0.0197. The van der Waals surface area contributed by atoms with Gasteiger partial charge in [0.15, 0.2) is 0 Å². The number of nitrogens with zero attached hydrogens (tertiary/aromatic N) is 2. The number of nitrogens with one attached hydrogen (secondary N) is 1. The summed E-state index contributed by atoms with van der Waals surface area (Å²) in [5.74, 6) is -0.0197. The van der Waals surface area contributed by atoms with Crippen molar-refractivity contribution in [2.45, 2.75) is 45.3 Å². The third-order valence-corrected chi connectivity index (χ3v) is 4.73. The van der Waals surface area contributed by atoms with E-state index in [4.69, 9.17) is 0 Å². The first-order valence-electron chi connectivity index (χ1n) is 7.96. The van der Waals surface area contributed by atoms with Crippen LogP contribution in [0.5, 0.6) is 0 Å². The molecule has 0 bridgehead atoms. The highest BCUT2D eigenvalue weighted by molar-refractivity contribution is 5.88. The molecular formula is C17H25N3O. The first kappa shape index (κ1) is 14.5. The van der Waals surface area contributed by atoms with Crippen molar-refractivity contribution in [1.29, 1.82) is 0 Å². The minimum Gasteiger partial charge on any atom is -0.326 e. The standard InChI is InChI=1S/C17H25N3O/c1-13-10-19-9-3-4-17(19)12-20(13)11-15-5-7-16(8-6-15)18-14(2)21/h5-8,13,17H,3-4,9-12H2,1-2H3,(H,18,21)/t13-,17?/m1/s1. The molecule has 2 heterocycles. The number of piperazine rings is 1. The number of hydrogen-bond acceptors (Lipinski definition) is 3. The molecular weight excluding hydrogens is 262 g/mol. The lowest BCUT2D eigenvalue weighted by Gasteiger charge is -2.42. The Balaban J connectivity index is 1.61. The van der Waals surface area contributed by atoms with Crippen molar-refractivity contribution in [1.82, 2.24) is 9.80 Å². The Labute approximate surface area is 127 Å². The predicted octanol–water partition coefficient (Wildman–Crippen LogP) is 2.31. The molecule has 1 N–H and O–H groups in total. The van der Waals surface area contributed by atoms with Crippen molar-refractivity contribution in [3.63, 3.8) is 0 Å². The van der Waals surface area contributed by atoms with Crippen LogP contribution in [0, 0.1) is 0 Å². The molecule has 4 heteroatoms. The van der Waals surface area contributed by atoms with Crippen LogP contribution in [-0.2, 0) is 11.3 Å². The number of rotatable bonds is 3. The number of anilines is 1. The highest BCUT2D eigenvalue weighted by Crippen LogP contribution is 2.25. The summed E-state index contributed by atoms with van der Waals surface area (Å²) in [6, 6.07) is 9.62. The molecule has 0 aromatic heterocycles. The summed E-state index contributed by atoms with van der Waals surface area (Å²) in [5.41, 5.74) is 2.20. The molecule has 1 amide bonds. The summed E-state index contributed by atoms with van der Waals surface area (Å²) >= 11 is 0. The van der Waals surface area contributed by atoms with Crippen LogP contribution in [0.1, 0.15) is 32.3 Å². The molecule has 4 nitrogen and oxygen atoms in total. The summed E-state index contributed by atoms with van der Waals surface area (Å²) in [6.07, 6.45) is 2.71. The summed E-state index contributed by atoms with van der Waals surface area (Å²) in [6.45, 7) is 8.56. The molecule has 2 atom stereocenters. The molecule has 1 aromatic rings. The zero-order valence-corrected chi connectivity index (χ0v) is 13.0. The van der Waals surface area contributed by atoms with Crippen LogP contribution in [0.25, 0.3) is 0 Å². The Hall–Kier alpha value is -1.39. The third kappa shape index (κ3) is 3.44. The number of benzene rings is 1. The molecule has 3 rings (SSSR count). The Bertz CT molecular complexity index is 499. The molecule has 2 aliphatic rings. The molecule has 21 heavy (non-hydrogen) atoms. The van der Waals surface area contributed by atoms with E-state index in [1.807, 2.05) is 12.1 Å². The van der Waals surface area contributed by atoms with E-state index < -0.39 is 0 Å². The molecule has 114 valence electrons. The van der Waals surface area contributed by atoms with Crippen molar-refractivity contribution < 1.29 is 4.79 Å². The Morgan fingerprint density at radius 2 is 2.05 bits per heavy atom. The lowest BCUT2D eigenvalue weighted by Crippen LogP contribution is -2.54. The topological polar surface area (TPSA) is 35.6 Å². The van der Waals surface area contributed by atoms with Crippen molar-refractivity contribution in [2.24, 2.45) is 0 Å². The molecule has 0 radical (unpaired) electrons. The van der Waals surface area contributed by atoms with E-state index in [9.17, 15) is 4.79 Å². The monoisotopic (exact) mass is 287 g/mol. The number of carbonyl (C=O) groups is 1. The van der Waals surface area contributed by atoms with Crippen LogP contribution >= 0.6 is 0 Å². The average Bonchev–Trinajstić information content (AvgIpc) is 2.88. The van der Waals surface area contributed by atoms with Gasteiger partial charge in [0.2, 0.25) is 5.91 Å². The number of amides is 1. The van der Waals surface area contributed by atoms with Gasteiger partial charge in [-0.15, -0.1) is 0 Å². The van der Waals surface area contributed by atoms with Gasteiger partial charge in [-0.2, -0.15) is 0 Å². The highest BCUT2D eigenvalue weighted by Gasteiger charge is 2.34. The molecule has 0 aliphatic carbocycles. The van der Waals surface area contributed by atoms with E-state index >= 15 is 0 Å². The van der Waals surface area contributed by atoms with Gasteiger partial charge in [-0.25, -0.2) is 0 Å². The minimum atomic E-state index is -0.0197. The maximum Gasteiger partial charge on any atom is 0.221 e. The largest absolute Gasteiger partial charge is 0.326 e. The van der Waals surface area contributed by atoms with E-state index in [1.54, 1.807) is 0 Å². The second-order valence-electron chi connectivity index (χ2n) is 6.45. The van der Waals surface area contributed by atoms with Gasteiger partial charge in [0.1, 0.15) is 0 Å². The van der Waals surface area contributed by atoms with Crippen molar-refractivity contribution in [3.8, 4) is 0 Å². The second-order valence-corrected chi connectivity index (χ2v) is 6.45. The first-order valence-corrected chi connectivity index (χ1v) is 7.96. The lowest BCUT2D eigenvalue weighted by molar-refractivity contribution is -0.114. The second kappa shape index (κ2) is 6.16. The van der Waals surface area contributed by atoms with Crippen LogP contribution in [-0.4, -0.2) is 47.4 Å². The zero-order valence-electron chi connectivity index (χ0n) is 13.0. The van der Waals surface area contributed by atoms with Gasteiger partial charge in [-0.3, -0.25) is 14.6 Å². The maximum atomic E-state index is 11.0. The van der Waals surface area contributed by atoms with Gasteiger partial charge in [-0.05, 0) is 44.0 Å². The number of fused-ring (bicyclic) bond motifs is 1. The molecule has 2 saturated heterocycles. The van der Waals surface area contributed by atoms with Gasteiger partial charge in [-0.1, -0.05) is 12.1 Å². The van der Waals surface area contributed by atoms with Crippen molar-refractivity contribution in [2.75, 3.05) is 25.0 Å². The lowest BCUT2D eigenvalue weighted by atomic mass is 10.1. The normalized spacial score (nSPS) is 26.6. The molecule has 1 unspecified atom stereocenters. The van der Waals surface area contributed by atoms with Gasteiger partial charge in [0, 0.05) is 44.3 Å². The predicted molar refractivity (Wildman–Crippen MR) is 85.2 cm³/mol. The van der Waals surface area contributed by atoms with Crippen LogP contribution in [0.4, 0.5) is 5.69 Å². The zero-order chi connectivity index (χ0) is 14.8. The van der Waals surface area contributed by atoms with E-state index in [0.717, 1.165) is 18.3 Å². The highest BCUT2D eigenvalue weighted by atomic mass is 16.1. The fourth-order valence-corrected chi connectivity index (χ4v) is 3.60. The number of hydrogen-bond donors (Lipinski definition) is 1. The first-order chi connectivity index (χ1) is 10.1. The van der Waals surface area contributed by atoms with Crippen LogP contribution in [0.3, 0.4) is 0 Å². The summed E-state index contributed by atoms with van der Waals surface area (Å²) in [7, 11) is 0. The van der Waals surface area contributed by atoms with E-state index in [1.165, 1.54) is 45.0 Å².